The predicted molar refractivity (Wildman–Crippen MR) is 103 cm³/mol. The molecule has 0 heterocycles. The van der Waals surface area contributed by atoms with E-state index in [0.717, 1.165) is 14.7 Å². The van der Waals surface area contributed by atoms with E-state index in [1.54, 1.807) is 11.8 Å². The molecule has 0 bridgehead atoms. The summed E-state index contributed by atoms with van der Waals surface area (Å²) in [6.07, 6.45) is 8.03. The number of unbranched alkanes of at least 4 members (excludes halogenated alkanes) is 3. The highest BCUT2D eigenvalue weighted by molar-refractivity contribution is 7.98. The normalized spacial score (nSPS) is 13.2. The SMILES string of the molecule is CSCCC(N)C(=O)O.C[N+](C)(C)CCCCCC[N+](C)(C)C. The number of quaternary nitrogens is 2. The molecule has 5 nitrogen and oxygen atoms in total. The van der Waals surface area contributed by atoms with Crippen molar-refractivity contribution in [3.8, 4) is 0 Å². The second-order valence-electron chi connectivity index (χ2n) is 8.17. The van der Waals surface area contributed by atoms with Crippen molar-refractivity contribution < 1.29 is 18.9 Å². The number of nitrogens with two attached hydrogens (primary N) is 1. The van der Waals surface area contributed by atoms with Gasteiger partial charge in [0.2, 0.25) is 0 Å². The summed E-state index contributed by atoms with van der Waals surface area (Å²) in [4.78, 5) is 10.1. The molecule has 0 aromatic heterocycles. The molecule has 0 radical (unpaired) electrons. The van der Waals surface area contributed by atoms with Crippen LogP contribution in [-0.4, -0.2) is 93.5 Å². The fourth-order valence-electron chi connectivity index (χ4n) is 1.89. The zero-order chi connectivity index (χ0) is 18.5. The summed E-state index contributed by atoms with van der Waals surface area (Å²) in [5, 5.41) is 8.27. The fourth-order valence-corrected chi connectivity index (χ4v) is 2.38. The highest BCUT2D eigenvalue weighted by Crippen LogP contribution is 2.05. The van der Waals surface area contributed by atoms with Crippen LogP contribution in [0.25, 0.3) is 0 Å². The zero-order valence-electron chi connectivity index (χ0n) is 16.5. The van der Waals surface area contributed by atoms with Crippen LogP contribution in [0.1, 0.15) is 32.1 Å². The van der Waals surface area contributed by atoms with Crippen LogP contribution in [0.3, 0.4) is 0 Å². The van der Waals surface area contributed by atoms with Crippen molar-refractivity contribution in [3.05, 3.63) is 0 Å². The Bertz CT molecular complexity index is 281. The van der Waals surface area contributed by atoms with E-state index >= 15 is 0 Å². The number of hydrogen-bond donors (Lipinski definition) is 2. The van der Waals surface area contributed by atoms with Gasteiger partial charge < -0.3 is 19.8 Å². The van der Waals surface area contributed by atoms with Gasteiger partial charge >= 0.3 is 5.97 Å². The van der Waals surface area contributed by atoms with Gasteiger partial charge in [0.05, 0.1) is 55.4 Å². The third kappa shape index (κ3) is 24.1. The third-order valence-electron chi connectivity index (χ3n) is 3.36. The maximum Gasteiger partial charge on any atom is 0.320 e. The molecule has 0 spiro atoms. The number of carboxylic acids is 1. The average molecular weight is 352 g/mol. The smallest absolute Gasteiger partial charge is 0.320 e. The first kappa shape index (κ1) is 24.9. The lowest BCUT2D eigenvalue weighted by atomic mass is 10.1. The summed E-state index contributed by atoms with van der Waals surface area (Å²) in [6.45, 7) is 2.62. The molecule has 1 unspecified atom stereocenters. The summed E-state index contributed by atoms with van der Waals surface area (Å²) in [6, 6.07) is -0.683. The Morgan fingerprint density at radius 2 is 1.35 bits per heavy atom. The number of rotatable bonds is 11. The Morgan fingerprint density at radius 1 is 0.957 bits per heavy atom. The van der Waals surface area contributed by atoms with Crippen molar-refractivity contribution in [1.82, 2.24) is 0 Å². The monoisotopic (exact) mass is 351 g/mol. The summed E-state index contributed by atoms with van der Waals surface area (Å²) < 4.78 is 2.21. The van der Waals surface area contributed by atoms with E-state index in [4.69, 9.17) is 10.8 Å². The molecule has 1 atom stereocenters. The van der Waals surface area contributed by atoms with Crippen LogP contribution in [0, 0.1) is 0 Å². The molecule has 0 aliphatic heterocycles. The molecule has 0 aromatic carbocycles. The second kappa shape index (κ2) is 13.0. The summed E-state index contributed by atoms with van der Waals surface area (Å²) in [5.41, 5.74) is 5.19. The highest BCUT2D eigenvalue weighted by Gasteiger charge is 2.09. The maximum atomic E-state index is 10.1. The van der Waals surface area contributed by atoms with E-state index in [1.165, 1.54) is 38.8 Å². The highest BCUT2D eigenvalue weighted by atomic mass is 32.2. The number of nitrogens with zero attached hydrogens (tertiary/aromatic N) is 2. The van der Waals surface area contributed by atoms with Crippen molar-refractivity contribution in [2.24, 2.45) is 5.73 Å². The first-order valence-corrected chi connectivity index (χ1v) is 9.86. The molecule has 0 rings (SSSR count). The van der Waals surface area contributed by atoms with Gasteiger partial charge in [-0.05, 0) is 44.1 Å². The summed E-state index contributed by atoms with van der Waals surface area (Å²) >= 11 is 1.60. The van der Waals surface area contributed by atoms with Crippen LogP contribution in [-0.2, 0) is 4.79 Å². The van der Waals surface area contributed by atoms with Gasteiger partial charge in [-0.3, -0.25) is 4.79 Å². The number of thioether (sulfide) groups is 1. The Balaban J connectivity index is 0. The largest absolute Gasteiger partial charge is 0.480 e. The Labute approximate surface area is 148 Å². The number of hydrogen-bond acceptors (Lipinski definition) is 3. The molecule has 23 heavy (non-hydrogen) atoms. The Morgan fingerprint density at radius 3 is 1.61 bits per heavy atom. The van der Waals surface area contributed by atoms with E-state index < -0.39 is 12.0 Å². The molecule has 6 heteroatoms. The van der Waals surface area contributed by atoms with Gasteiger partial charge in [0.25, 0.3) is 0 Å². The fraction of sp³-hybridized carbons (Fsp3) is 0.941. The number of carbonyl (C=O) groups is 1. The minimum atomic E-state index is -0.913. The molecule has 0 amide bonds. The molecule has 140 valence electrons. The van der Waals surface area contributed by atoms with E-state index in [9.17, 15) is 4.79 Å². The summed E-state index contributed by atoms with van der Waals surface area (Å²) in [7, 11) is 13.6. The van der Waals surface area contributed by atoms with Crippen LogP contribution in [0.4, 0.5) is 0 Å². The van der Waals surface area contributed by atoms with Crippen molar-refractivity contribution >= 4 is 17.7 Å². The standard InChI is InChI=1S/C12H30N2.C5H11NO2S/c1-13(2,3)11-9-7-8-10-12-14(4,5)6;1-9-3-2-4(6)5(7)8/h7-12H2,1-6H3;4H,2-3,6H2,1H3,(H,7,8)/q+2;. The van der Waals surface area contributed by atoms with Gasteiger partial charge in [-0.2, -0.15) is 11.8 Å². The number of aliphatic carboxylic acids is 1. The van der Waals surface area contributed by atoms with Gasteiger partial charge in [0.15, 0.2) is 0 Å². The van der Waals surface area contributed by atoms with E-state index in [0.29, 0.717) is 6.42 Å². The lowest BCUT2D eigenvalue weighted by Crippen LogP contribution is -2.35. The van der Waals surface area contributed by atoms with Crippen LogP contribution >= 0.6 is 11.8 Å². The lowest BCUT2D eigenvalue weighted by molar-refractivity contribution is -0.871. The van der Waals surface area contributed by atoms with E-state index in [-0.39, 0.29) is 0 Å². The predicted octanol–water partition coefficient (Wildman–Crippen LogP) is 2.11. The van der Waals surface area contributed by atoms with Gasteiger partial charge in [0.1, 0.15) is 6.04 Å². The van der Waals surface area contributed by atoms with Crippen LogP contribution < -0.4 is 5.73 Å². The van der Waals surface area contributed by atoms with Crippen molar-refractivity contribution in [1.29, 1.82) is 0 Å². The first-order chi connectivity index (χ1) is 10.4. The van der Waals surface area contributed by atoms with Crippen molar-refractivity contribution in [3.63, 3.8) is 0 Å². The molecule has 0 aliphatic carbocycles. The van der Waals surface area contributed by atoms with Gasteiger partial charge in [0, 0.05) is 0 Å². The van der Waals surface area contributed by atoms with Crippen LogP contribution in [0.15, 0.2) is 0 Å². The zero-order valence-corrected chi connectivity index (χ0v) is 17.3. The quantitative estimate of drug-likeness (QED) is 0.442. The minimum Gasteiger partial charge on any atom is -0.480 e. The minimum absolute atomic E-state index is 0.552. The molecule has 0 fully saturated rings. The molecule has 3 N–H and O–H groups in total. The van der Waals surface area contributed by atoms with Crippen molar-refractivity contribution in [2.45, 2.75) is 38.1 Å². The molecule has 0 aromatic rings. The Hall–Kier alpha value is -0.300. The maximum absolute atomic E-state index is 10.1. The Kier molecular flexibility index (Phi) is 14.1. The van der Waals surface area contributed by atoms with Gasteiger partial charge in [-0.1, -0.05) is 0 Å². The topological polar surface area (TPSA) is 63.3 Å². The molecule has 0 saturated carbocycles. The molecular formula is C17H41N3O2S+2. The van der Waals surface area contributed by atoms with E-state index in [2.05, 4.69) is 42.3 Å². The lowest BCUT2D eigenvalue weighted by Gasteiger charge is -2.25. The second-order valence-corrected chi connectivity index (χ2v) is 9.15. The van der Waals surface area contributed by atoms with Gasteiger partial charge in [-0.25, -0.2) is 0 Å². The van der Waals surface area contributed by atoms with Gasteiger partial charge in [-0.15, -0.1) is 0 Å². The summed E-state index contributed by atoms with van der Waals surface area (Å²) in [5.74, 6) is -0.1000. The third-order valence-corrected chi connectivity index (χ3v) is 4.00. The molecule has 0 aliphatic rings. The van der Waals surface area contributed by atoms with Crippen LogP contribution in [0.5, 0.6) is 0 Å². The molecular weight excluding hydrogens is 310 g/mol. The van der Waals surface area contributed by atoms with E-state index in [1.807, 2.05) is 6.26 Å². The average Bonchev–Trinajstić information content (AvgIpc) is 2.38. The van der Waals surface area contributed by atoms with Crippen molar-refractivity contribution in [2.75, 3.05) is 67.4 Å². The molecule has 0 saturated heterocycles. The number of carboxylic acid groups (broad SMARTS) is 1. The van der Waals surface area contributed by atoms with Crippen LogP contribution in [0.2, 0.25) is 0 Å². The first-order valence-electron chi connectivity index (χ1n) is 8.47.